The molecule has 4 rings (SSSR count). The van der Waals surface area contributed by atoms with E-state index < -0.39 is 10.0 Å². The number of carbonyl (C=O) groups excluding carboxylic acids is 1. The number of hydrogen-bond donors (Lipinski definition) is 1. The van der Waals surface area contributed by atoms with Gasteiger partial charge in [0.1, 0.15) is 5.84 Å². The summed E-state index contributed by atoms with van der Waals surface area (Å²) in [5, 5.41) is 3.54. The lowest BCUT2D eigenvalue weighted by atomic mass is 10.1. The van der Waals surface area contributed by atoms with Crippen molar-refractivity contribution in [1.29, 1.82) is 0 Å². The SMILES string of the molecule is CN1CCC/C1=N\S(=O)(=O)c1ccc(NC(=O)C2CC2c2ccccc2Cl)cc1. The molecule has 1 saturated heterocycles. The van der Waals surface area contributed by atoms with Gasteiger partial charge in [0.2, 0.25) is 5.91 Å². The highest BCUT2D eigenvalue weighted by Crippen LogP contribution is 2.50. The molecule has 1 heterocycles. The molecule has 0 radical (unpaired) electrons. The van der Waals surface area contributed by atoms with E-state index in [0.29, 0.717) is 23.0 Å². The van der Waals surface area contributed by atoms with Gasteiger partial charge in [-0.05, 0) is 54.7 Å². The standard InChI is InChI=1S/C21H22ClN3O3S/c1-25-12-4-7-20(25)24-29(27,28)15-10-8-14(9-11-15)23-21(26)18-13-17(18)16-5-2-3-6-19(16)22/h2-3,5-6,8-11,17-18H,4,7,12-13H2,1H3,(H,23,26)/b24-20+. The Labute approximate surface area is 175 Å². The highest BCUT2D eigenvalue weighted by Gasteiger charge is 2.44. The molecule has 152 valence electrons. The van der Waals surface area contributed by atoms with E-state index in [1.807, 2.05) is 36.2 Å². The molecule has 1 aliphatic heterocycles. The van der Waals surface area contributed by atoms with Gasteiger partial charge in [0, 0.05) is 36.6 Å². The molecule has 1 amide bonds. The molecular formula is C21H22ClN3O3S. The van der Waals surface area contributed by atoms with Crippen molar-refractivity contribution < 1.29 is 13.2 Å². The van der Waals surface area contributed by atoms with Gasteiger partial charge in [-0.1, -0.05) is 29.8 Å². The van der Waals surface area contributed by atoms with Crippen LogP contribution in [0.15, 0.2) is 57.8 Å². The number of anilines is 1. The van der Waals surface area contributed by atoms with Crippen molar-refractivity contribution in [1.82, 2.24) is 4.90 Å². The molecule has 2 aromatic rings. The number of likely N-dealkylation sites (tertiary alicyclic amines) is 1. The first-order valence-electron chi connectivity index (χ1n) is 9.55. The number of hydrogen-bond acceptors (Lipinski definition) is 3. The Bertz CT molecular complexity index is 1070. The number of rotatable bonds is 5. The van der Waals surface area contributed by atoms with Gasteiger partial charge in [0.05, 0.1) is 4.90 Å². The molecule has 1 N–H and O–H groups in total. The lowest BCUT2D eigenvalue weighted by Crippen LogP contribution is -2.20. The molecule has 1 saturated carbocycles. The molecule has 0 aromatic heterocycles. The molecule has 2 fully saturated rings. The van der Waals surface area contributed by atoms with Crippen LogP contribution in [0.3, 0.4) is 0 Å². The molecule has 2 aliphatic rings. The Balaban J connectivity index is 1.41. The van der Waals surface area contributed by atoms with Gasteiger partial charge in [-0.25, -0.2) is 0 Å². The van der Waals surface area contributed by atoms with Crippen LogP contribution in [-0.2, 0) is 14.8 Å². The van der Waals surface area contributed by atoms with E-state index in [1.54, 1.807) is 12.1 Å². The summed E-state index contributed by atoms with van der Waals surface area (Å²) in [4.78, 5) is 14.5. The summed E-state index contributed by atoms with van der Waals surface area (Å²) in [6, 6.07) is 13.7. The molecular weight excluding hydrogens is 410 g/mol. The maximum atomic E-state index is 12.5. The van der Waals surface area contributed by atoms with Crippen LogP contribution in [0.5, 0.6) is 0 Å². The average molecular weight is 432 g/mol. The number of benzene rings is 2. The Kier molecular flexibility index (Phi) is 5.36. The Morgan fingerprint density at radius 2 is 1.90 bits per heavy atom. The Morgan fingerprint density at radius 3 is 2.55 bits per heavy atom. The minimum Gasteiger partial charge on any atom is -0.362 e. The fourth-order valence-electron chi connectivity index (χ4n) is 3.65. The van der Waals surface area contributed by atoms with Gasteiger partial charge in [-0.3, -0.25) is 4.79 Å². The topological polar surface area (TPSA) is 78.8 Å². The number of sulfonamides is 1. The molecule has 0 bridgehead atoms. The molecule has 0 spiro atoms. The van der Waals surface area contributed by atoms with Crippen LogP contribution in [0.2, 0.25) is 5.02 Å². The van der Waals surface area contributed by atoms with E-state index in [0.717, 1.165) is 24.9 Å². The van der Waals surface area contributed by atoms with E-state index in [1.165, 1.54) is 12.1 Å². The summed E-state index contributed by atoms with van der Waals surface area (Å²) < 4.78 is 29.0. The average Bonchev–Trinajstić information content (AvgIpc) is 3.39. The fourth-order valence-corrected chi connectivity index (χ4v) is 5.02. The maximum absolute atomic E-state index is 12.5. The third-order valence-electron chi connectivity index (χ3n) is 5.41. The van der Waals surface area contributed by atoms with Crippen LogP contribution in [0, 0.1) is 5.92 Å². The Hall–Kier alpha value is -2.38. The Morgan fingerprint density at radius 1 is 1.17 bits per heavy atom. The molecule has 8 heteroatoms. The summed E-state index contributed by atoms with van der Waals surface area (Å²) >= 11 is 6.22. The predicted octanol–water partition coefficient (Wildman–Crippen LogP) is 3.90. The molecule has 2 atom stereocenters. The second-order valence-corrected chi connectivity index (χ2v) is 9.50. The number of amidine groups is 1. The number of nitrogens with one attached hydrogen (secondary N) is 1. The fraction of sp³-hybridized carbons (Fsp3) is 0.333. The van der Waals surface area contributed by atoms with Crippen molar-refractivity contribution in [2.45, 2.75) is 30.1 Å². The normalized spacial score (nSPS) is 22.7. The van der Waals surface area contributed by atoms with E-state index >= 15 is 0 Å². The van der Waals surface area contributed by atoms with Crippen LogP contribution in [0.1, 0.15) is 30.7 Å². The number of amides is 1. The second kappa shape index (κ2) is 7.80. The van der Waals surface area contributed by atoms with E-state index in [9.17, 15) is 13.2 Å². The molecule has 2 aromatic carbocycles. The summed E-state index contributed by atoms with van der Waals surface area (Å²) in [7, 11) is -1.92. The van der Waals surface area contributed by atoms with E-state index in [2.05, 4.69) is 9.71 Å². The summed E-state index contributed by atoms with van der Waals surface area (Å²) in [6.07, 6.45) is 2.33. The zero-order valence-electron chi connectivity index (χ0n) is 16.0. The van der Waals surface area contributed by atoms with Gasteiger partial charge < -0.3 is 10.2 Å². The van der Waals surface area contributed by atoms with Crippen LogP contribution >= 0.6 is 11.6 Å². The maximum Gasteiger partial charge on any atom is 0.283 e. The van der Waals surface area contributed by atoms with Crippen molar-refractivity contribution in [2.24, 2.45) is 10.3 Å². The highest BCUT2D eigenvalue weighted by molar-refractivity contribution is 7.90. The van der Waals surface area contributed by atoms with Crippen molar-refractivity contribution in [3.63, 3.8) is 0 Å². The third-order valence-corrected chi connectivity index (χ3v) is 7.07. The van der Waals surface area contributed by atoms with E-state index in [-0.39, 0.29) is 22.6 Å². The van der Waals surface area contributed by atoms with Gasteiger partial charge in [0.25, 0.3) is 10.0 Å². The lowest BCUT2D eigenvalue weighted by Gasteiger charge is -2.11. The van der Waals surface area contributed by atoms with Crippen molar-refractivity contribution >= 4 is 39.1 Å². The van der Waals surface area contributed by atoms with Gasteiger partial charge in [-0.15, -0.1) is 4.40 Å². The van der Waals surface area contributed by atoms with Crippen LogP contribution < -0.4 is 5.32 Å². The molecule has 2 unspecified atom stereocenters. The smallest absolute Gasteiger partial charge is 0.283 e. The third kappa shape index (κ3) is 4.31. The van der Waals surface area contributed by atoms with Gasteiger partial charge >= 0.3 is 0 Å². The number of nitrogens with zero attached hydrogens (tertiary/aromatic N) is 2. The first kappa shape index (κ1) is 19.9. The van der Waals surface area contributed by atoms with Crippen molar-refractivity contribution in [3.8, 4) is 0 Å². The summed E-state index contributed by atoms with van der Waals surface area (Å²) in [5.74, 6) is 0.505. The van der Waals surface area contributed by atoms with Crippen LogP contribution in [0.4, 0.5) is 5.69 Å². The molecule has 29 heavy (non-hydrogen) atoms. The second-order valence-electron chi connectivity index (χ2n) is 7.49. The first-order chi connectivity index (χ1) is 13.8. The first-order valence-corrected chi connectivity index (χ1v) is 11.4. The monoisotopic (exact) mass is 431 g/mol. The van der Waals surface area contributed by atoms with Gasteiger partial charge in [-0.2, -0.15) is 8.42 Å². The zero-order valence-corrected chi connectivity index (χ0v) is 17.6. The lowest BCUT2D eigenvalue weighted by molar-refractivity contribution is -0.117. The molecule has 6 nitrogen and oxygen atoms in total. The van der Waals surface area contributed by atoms with E-state index in [4.69, 9.17) is 11.6 Å². The number of carbonyl (C=O) groups is 1. The van der Waals surface area contributed by atoms with Crippen LogP contribution in [-0.4, -0.2) is 38.7 Å². The minimum absolute atomic E-state index is 0.0849. The van der Waals surface area contributed by atoms with Crippen molar-refractivity contribution in [3.05, 3.63) is 59.1 Å². The quantitative estimate of drug-likeness (QED) is 0.778. The predicted molar refractivity (Wildman–Crippen MR) is 114 cm³/mol. The van der Waals surface area contributed by atoms with Crippen LogP contribution in [0.25, 0.3) is 0 Å². The zero-order chi connectivity index (χ0) is 20.6. The highest BCUT2D eigenvalue weighted by atomic mass is 35.5. The van der Waals surface area contributed by atoms with Gasteiger partial charge in [0.15, 0.2) is 0 Å². The summed E-state index contributed by atoms with van der Waals surface area (Å²) in [5.41, 5.74) is 1.55. The van der Waals surface area contributed by atoms with Crippen molar-refractivity contribution in [2.75, 3.05) is 18.9 Å². The molecule has 1 aliphatic carbocycles. The minimum atomic E-state index is -3.76. The number of halogens is 1. The largest absolute Gasteiger partial charge is 0.362 e. The summed E-state index contributed by atoms with van der Waals surface area (Å²) in [6.45, 7) is 0.815.